The van der Waals surface area contributed by atoms with Crippen LogP contribution in [-0.4, -0.2) is 58.1 Å². The lowest BCUT2D eigenvalue weighted by atomic mass is 9.99. The Morgan fingerprint density at radius 2 is 2.38 bits per heavy atom. The number of aromatic nitrogens is 1. The molecule has 118 valence electrons. The summed E-state index contributed by atoms with van der Waals surface area (Å²) in [7, 11) is -0.508. The molecule has 0 spiro atoms. The van der Waals surface area contributed by atoms with Crippen molar-refractivity contribution < 1.29 is 17.9 Å². The number of ether oxygens (including phenoxy) is 1. The van der Waals surface area contributed by atoms with E-state index in [2.05, 4.69) is 19.3 Å². The molecule has 1 aromatic rings. The predicted octanol–water partition coefficient (Wildman–Crippen LogP) is 0.550. The summed E-state index contributed by atoms with van der Waals surface area (Å²) >= 11 is 0.915. The Morgan fingerprint density at radius 1 is 1.62 bits per heavy atom. The number of thiazole rings is 1. The summed E-state index contributed by atoms with van der Waals surface area (Å²) in [6, 6.07) is 0. The van der Waals surface area contributed by atoms with Gasteiger partial charge in [0, 0.05) is 13.1 Å². The van der Waals surface area contributed by atoms with Crippen LogP contribution in [0.5, 0.6) is 0 Å². The van der Waals surface area contributed by atoms with E-state index in [-0.39, 0.29) is 15.8 Å². The molecule has 1 unspecified atom stereocenters. The van der Waals surface area contributed by atoms with E-state index in [1.807, 2.05) is 7.05 Å². The first-order chi connectivity index (χ1) is 9.94. The van der Waals surface area contributed by atoms with Crippen LogP contribution < -0.4 is 4.72 Å². The standard InChI is InChI=1S/C12H19N3O4S2/c1-15-5-3-4-9(7-15)6-14-21(17,18)12-10(11(16)19-2)13-8-20-12/h8-9,14H,3-7H2,1-2H3. The lowest BCUT2D eigenvalue weighted by molar-refractivity contribution is 0.0590. The van der Waals surface area contributed by atoms with E-state index in [4.69, 9.17) is 0 Å². The van der Waals surface area contributed by atoms with E-state index in [1.54, 1.807) is 0 Å². The number of carbonyl (C=O) groups excluding carboxylic acids is 1. The van der Waals surface area contributed by atoms with Gasteiger partial charge in [-0.05, 0) is 32.4 Å². The molecule has 1 aliphatic rings. The fraction of sp³-hybridized carbons (Fsp3) is 0.667. The molecule has 21 heavy (non-hydrogen) atoms. The molecule has 0 aromatic carbocycles. The highest BCUT2D eigenvalue weighted by atomic mass is 32.2. The highest BCUT2D eigenvalue weighted by Gasteiger charge is 2.27. The summed E-state index contributed by atoms with van der Waals surface area (Å²) in [5, 5.41) is 0. The van der Waals surface area contributed by atoms with Crippen molar-refractivity contribution in [1.82, 2.24) is 14.6 Å². The van der Waals surface area contributed by atoms with Gasteiger partial charge in [0.25, 0.3) is 10.0 Å². The molecule has 0 radical (unpaired) electrons. The van der Waals surface area contributed by atoms with Gasteiger partial charge in [0.2, 0.25) is 0 Å². The minimum absolute atomic E-state index is 0.0847. The van der Waals surface area contributed by atoms with Crippen molar-refractivity contribution in [2.24, 2.45) is 5.92 Å². The number of rotatable bonds is 5. The summed E-state index contributed by atoms with van der Waals surface area (Å²) < 4.78 is 31.6. The van der Waals surface area contributed by atoms with Crippen LogP contribution in [0.25, 0.3) is 0 Å². The first kappa shape index (κ1) is 16.3. The van der Waals surface area contributed by atoms with Crippen molar-refractivity contribution >= 4 is 27.3 Å². The quantitative estimate of drug-likeness (QED) is 0.792. The van der Waals surface area contributed by atoms with Crippen LogP contribution in [-0.2, 0) is 14.8 Å². The lowest BCUT2D eigenvalue weighted by Crippen LogP contribution is -2.39. The Kier molecular flexibility index (Phi) is 5.31. The van der Waals surface area contributed by atoms with Crippen LogP contribution in [0.4, 0.5) is 0 Å². The van der Waals surface area contributed by atoms with Gasteiger partial charge in [-0.2, -0.15) is 0 Å². The number of nitrogens with zero attached hydrogens (tertiary/aromatic N) is 2. The van der Waals surface area contributed by atoms with Crippen LogP contribution in [0, 0.1) is 5.92 Å². The fourth-order valence-electron chi connectivity index (χ4n) is 2.39. The first-order valence-electron chi connectivity index (χ1n) is 6.64. The molecule has 1 atom stereocenters. The molecule has 7 nitrogen and oxygen atoms in total. The van der Waals surface area contributed by atoms with Gasteiger partial charge >= 0.3 is 5.97 Å². The Morgan fingerprint density at radius 3 is 3.05 bits per heavy atom. The molecular formula is C12H19N3O4S2. The molecule has 0 amide bonds. The zero-order valence-electron chi connectivity index (χ0n) is 12.0. The fourth-order valence-corrected chi connectivity index (χ4v) is 4.68. The molecule has 1 aliphatic heterocycles. The number of likely N-dealkylation sites (tertiary alicyclic amines) is 1. The number of hydrogen-bond donors (Lipinski definition) is 1. The maximum atomic E-state index is 12.3. The topological polar surface area (TPSA) is 88.6 Å². The average molecular weight is 333 g/mol. The van der Waals surface area contributed by atoms with E-state index < -0.39 is 16.0 Å². The molecular weight excluding hydrogens is 314 g/mol. The number of nitrogens with one attached hydrogen (secondary N) is 1. The van der Waals surface area contributed by atoms with Gasteiger partial charge < -0.3 is 9.64 Å². The smallest absolute Gasteiger partial charge is 0.358 e. The molecule has 2 heterocycles. The Balaban J connectivity index is 2.05. The van der Waals surface area contributed by atoms with Gasteiger partial charge in [0.1, 0.15) is 0 Å². The van der Waals surface area contributed by atoms with E-state index in [0.717, 1.165) is 37.3 Å². The van der Waals surface area contributed by atoms with Crippen LogP contribution in [0.3, 0.4) is 0 Å². The van der Waals surface area contributed by atoms with Crippen molar-refractivity contribution in [2.45, 2.75) is 17.1 Å². The number of piperidine rings is 1. The summed E-state index contributed by atoms with van der Waals surface area (Å²) in [5.74, 6) is -0.456. The Labute approximate surface area is 128 Å². The molecule has 1 aromatic heterocycles. The molecule has 0 bridgehead atoms. The Hall–Kier alpha value is -1.03. The SMILES string of the molecule is COC(=O)c1ncsc1S(=O)(=O)NCC1CCCN(C)C1. The number of sulfonamides is 1. The first-order valence-corrected chi connectivity index (χ1v) is 9.00. The van der Waals surface area contributed by atoms with Crippen LogP contribution in [0.2, 0.25) is 0 Å². The van der Waals surface area contributed by atoms with Gasteiger partial charge in [-0.15, -0.1) is 11.3 Å². The minimum atomic E-state index is -3.73. The maximum absolute atomic E-state index is 12.3. The summed E-state index contributed by atoms with van der Waals surface area (Å²) in [6.45, 7) is 2.28. The van der Waals surface area contributed by atoms with Crippen molar-refractivity contribution in [3.8, 4) is 0 Å². The van der Waals surface area contributed by atoms with Gasteiger partial charge in [-0.25, -0.2) is 22.9 Å². The number of methoxy groups -OCH3 is 1. The van der Waals surface area contributed by atoms with Crippen molar-refractivity contribution in [2.75, 3.05) is 33.8 Å². The van der Waals surface area contributed by atoms with Crippen LogP contribution in [0.1, 0.15) is 23.3 Å². The molecule has 0 aliphatic carbocycles. The van der Waals surface area contributed by atoms with E-state index in [9.17, 15) is 13.2 Å². The molecule has 9 heteroatoms. The second kappa shape index (κ2) is 6.82. The second-order valence-corrected chi connectivity index (χ2v) is 7.92. The highest BCUT2D eigenvalue weighted by molar-refractivity contribution is 7.91. The van der Waals surface area contributed by atoms with Crippen molar-refractivity contribution in [3.05, 3.63) is 11.2 Å². The molecule has 2 rings (SSSR count). The zero-order valence-corrected chi connectivity index (χ0v) is 13.7. The molecule has 1 fully saturated rings. The number of carbonyl (C=O) groups is 1. The van der Waals surface area contributed by atoms with Crippen LogP contribution >= 0.6 is 11.3 Å². The van der Waals surface area contributed by atoms with Gasteiger partial charge in [-0.1, -0.05) is 0 Å². The molecule has 0 saturated carbocycles. The van der Waals surface area contributed by atoms with Gasteiger partial charge in [-0.3, -0.25) is 0 Å². The average Bonchev–Trinajstić information content (AvgIpc) is 2.95. The number of esters is 1. The third-order valence-corrected chi connectivity index (χ3v) is 6.24. The monoisotopic (exact) mass is 333 g/mol. The highest BCUT2D eigenvalue weighted by Crippen LogP contribution is 2.21. The summed E-state index contributed by atoms with van der Waals surface area (Å²) in [5.41, 5.74) is 1.17. The van der Waals surface area contributed by atoms with E-state index >= 15 is 0 Å². The van der Waals surface area contributed by atoms with Gasteiger partial charge in [0.05, 0.1) is 12.6 Å². The lowest BCUT2D eigenvalue weighted by Gasteiger charge is -2.29. The van der Waals surface area contributed by atoms with E-state index in [1.165, 1.54) is 12.6 Å². The van der Waals surface area contributed by atoms with Crippen molar-refractivity contribution in [1.29, 1.82) is 0 Å². The largest absolute Gasteiger partial charge is 0.464 e. The third-order valence-electron chi connectivity index (χ3n) is 3.44. The molecule has 1 N–H and O–H groups in total. The summed E-state index contributed by atoms with van der Waals surface area (Å²) in [4.78, 5) is 17.5. The number of hydrogen-bond acceptors (Lipinski definition) is 7. The predicted molar refractivity (Wildman–Crippen MR) is 78.9 cm³/mol. The molecule has 1 saturated heterocycles. The maximum Gasteiger partial charge on any atom is 0.358 e. The summed E-state index contributed by atoms with van der Waals surface area (Å²) in [6.07, 6.45) is 2.07. The Bertz CT molecular complexity index is 599. The van der Waals surface area contributed by atoms with Gasteiger partial charge in [0.15, 0.2) is 9.90 Å². The van der Waals surface area contributed by atoms with Crippen LogP contribution in [0.15, 0.2) is 9.72 Å². The van der Waals surface area contributed by atoms with Crippen molar-refractivity contribution in [3.63, 3.8) is 0 Å². The zero-order chi connectivity index (χ0) is 15.5. The normalized spacial score (nSPS) is 20.4. The third kappa shape index (κ3) is 4.00. The second-order valence-electron chi connectivity index (χ2n) is 5.10. The minimum Gasteiger partial charge on any atom is -0.464 e. The van der Waals surface area contributed by atoms with E-state index in [0.29, 0.717) is 6.54 Å².